The Balaban J connectivity index is 1.43. The van der Waals surface area contributed by atoms with Crippen LogP contribution in [-0.4, -0.2) is 98.7 Å². The van der Waals surface area contributed by atoms with Gasteiger partial charge in [-0.05, 0) is 63.0 Å². The maximum Gasteiger partial charge on any atom is 0.410 e. The fourth-order valence-corrected chi connectivity index (χ4v) is 6.65. The molecule has 0 radical (unpaired) electrons. The van der Waals surface area contributed by atoms with Crippen molar-refractivity contribution >= 4 is 43.4 Å². The van der Waals surface area contributed by atoms with E-state index in [2.05, 4.69) is 44.4 Å². The molecule has 4 aromatic rings. The van der Waals surface area contributed by atoms with Crippen LogP contribution in [-0.2, 0) is 16.2 Å². The van der Waals surface area contributed by atoms with Gasteiger partial charge < -0.3 is 24.4 Å². The first-order valence-electron chi connectivity index (χ1n) is 15.9. The Kier molecular flexibility index (Phi) is 11.3. The monoisotopic (exact) mass is 716 g/mol. The van der Waals surface area contributed by atoms with E-state index in [0.717, 1.165) is 10.9 Å². The fourth-order valence-electron chi connectivity index (χ4n) is 4.95. The Labute approximate surface area is 289 Å². The van der Waals surface area contributed by atoms with Crippen LogP contribution < -0.4 is 10.1 Å². The molecule has 1 saturated heterocycles. The number of rotatable bonds is 12. The number of hydrogen-bond acceptors (Lipinski definition) is 10. The summed E-state index contributed by atoms with van der Waals surface area (Å²) in [5.74, 6) is -0.593. The molecule has 0 saturated carbocycles. The van der Waals surface area contributed by atoms with Crippen LogP contribution in [0.25, 0.3) is 16.9 Å². The number of carbonyl (C=O) groups excluding carboxylic acids is 2. The number of fused-ring (bicyclic) bond motifs is 1. The van der Waals surface area contributed by atoms with Gasteiger partial charge >= 0.3 is 12.7 Å². The van der Waals surface area contributed by atoms with Crippen LogP contribution in [0, 0.1) is 0 Å². The molecular weight excluding hydrogens is 675 g/mol. The minimum absolute atomic E-state index is 0.0199. The summed E-state index contributed by atoms with van der Waals surface area (Å²) < 4.78 is 49.0. The van der Waals surface area contributed by atoms with E-state index in [1.54, 1.807) is 35.5 Å². The molecule has 3 aromatic heterocycles. The SMILES string of the molecule is CC(C)(C)OC(=O)N1CCN(Sc2ccc(OC(F)F)c(-c3c(NC(=O)c4cnn5cccnc45)cnn3COCC[Si](C)(C)C)c2)CC1. The Morgan fingerprint density at radius 2 is 1.84 bits per heavy atom. The summed E-state index contributed by atoms with van der Waals surface area (Å²) in [6.07, 6.45) is 5.74. The number of nitrogens with one attached hydrogen (secondary N) is 1. The average molecular weight is 717 g/mol. The third-order valence-electron chi connectivity index (χ3n) is 7.37. The second-order valence-electron chi connectivity index (χ2n) is 13.7. The van der Waals surface area contributed by atoms with Gasteiger partial charge in [-0.3, -0.25) is 4.79 Å². The minimum atomic E-state index is -3.09. The number of aromatic nitrogens is 5. The average Bonchev–Trinajstić information content (AvgIpc) is 3.63. The largest absolute Gasteiger partial charge is 0.444 e. The number of hydrogen-bond donors (Lipinski definition) is 1. The predicted molar refractivity (Wildman–Crippen MR) is 185 cm³/mol. The highest BCUT2D eigenvalue weighted by molar-refractivity contribution is 7.97. The van der Waals surface area contributed by atoms with Gasteiger partial charge in [-0.2, -0.15) is 19.0 Å². The molecule has 0 spiro atoms. The van der Waals surface area contributed by atoms with Gasteiger partial charge in [0.05, 0.1) is 23.8 Å². The number of nitrogens with zero attached hydrogens (tertiary/aromatic N) is 7. The molecule has 0 unspecified atom stereocenters. The van der Waals surface area contributed by atoms with Crippen molar-refractivity contribution in [2.45, 2.75) is 70.3 Å². The number of halogens is 2. The predicted octanol–water partition coefficient (Wildman–Crippen LogP) is 6.32. The number of alkyl halides is 2. The molecular formula is C32H42F2N8O5SSi. The van der Waals surface area contributed by atoms with Crippen molar-refractivity contribution < 1.29 is 32.6 Å². The molecule has 264 valence electrons. The third kappa shape index (κ3) is 9.77. The van der Waals surface area contributed by atoms with Gasteiger partial charge in [-0.25, -0.2) is 23.3 Å². The summed E-state index contributed by atoms with van der Waals surface area (Å²) in [6, 6.07) is 7.51. The molecule has 1 fully saturated rings. The van der Waals surface area contributed by atoms with Crippen LogP contribution in [0.1, 0.15) is 31.1 Å². The van der Waals surface area contributed by atoms with Crippen LogP contribution in [0.4, 0.5) is 19.3 Å². The topological polar surface area (TPSA) is 128 Å². The molecule has 0 bridgehead atoms. The molecule has 1 aromatic carbocycles. The molecule has 0 aliphatic carbocycles. The normalized spacial score (nSPS) is 14.4. The zero-order valence-corrected chi connectivity index (χ0v) is 30.3. The van der Waals surface area contributed by atoms with E-state index in [4.69, 9.17) is 14.2 Å². The number of anilines is 1. The number of ether oxygens (including phenoxy) is 3. The van der Waals surface area contributed by atoms with Gasteiger partial charge in [-0.1, -0.05) is 19.6 Å². The lowest BCUT2D eigenvalue weighted by Gasteiger charge is -2.34. The van der Waals surface area contributed by atoms with Crippen molar-refractivity contribution in [2.24, 2.45) is 0 Å². The molecule has 1 aliphatic rings. The Morgan fingerprint density at radius 1 is 1.08 bits per heavy atom. The zero-order chi connectivity index (χ0) is 35.3. The first kappa shape index (κ1) is 36.2. The standard InChI is InChI=1S/C32H42F2N8O5SSi/c1-32(2,3)47-31(44)39-12-14-40(15-13-39)48-22-8-9-26(46-30(33)34)23(18-22)27-25(20-37-42(27)21-45-16-17-49(4,5)6)38-29(43)24-19-36-41-11-7-10-35-28(24)41/h7-11,18-20,30H,12-17,21H2,1-6H3,(H,38,43). The van der Waals surface area contributed by atoms with Crippen LogP contribution in [0.5, 0.6) is 5.75 Å². The smallest absolute Gasteiger partial charge is 0.410 e. The Morgan fingerprint density at radius 3 is 2.53 bits per heavy atom. The molecule has 49 heavy (non-hydrogen) atoms. The molecule has 0 atom stereocenters. The van der Waals surface area contributed by atoms with Crippen LogP contribution in [0.15, 0.2) is 53.9 Å². The van der Waals surface area contributed by atoms with Crippen LogP contribution in [0.3, 0.4) is 0 Å². The van der Waals surface area contributed by atoms with Crippen molar-refractivity contribution in [3.8, 4) is 17.0 Å². The summed E-state index contributed by atoms with van der Waals surface area (Å²) in [6.45, 7) is 11.7. The maximum atomic E-state index is 13.7. The van der Waals surface area contributed by atoms with E-state index in [0.29, 0.717) is 44.1 Å². The second kappa shape index (κ2) is 15.2. The summed E-state index contributed by atoms with van der Waals surface area (Å²) in [5.41, 5.74) is 0.882. The van der Waals surface area contributed by atoms with Crippen molar-refractivity contribution in [1.82, 2.24) is 33.6 Å². The fraction of sp³-hybridized carbons (Fsp3) is 0.469. The maximum absolute atomic E-state index is 13.7. The van der Waals surface area contributed by atoms with Crippen molar-refractivity contribution in [3.63, 3.8) is 0 Å². The number of carbonyl (C=O) groups is 2. The van der Waals surface area contributed by atoms with Gasteiger partial charge in [0.15, 0.2) is 5.65 Å². The summed E-state index contributed by atoms with van der Waals surface area (Å²) in [4.78, 5) is 32.8. The van der Waals surface area contributed by atoms with E-state index in [9.17, 15) is 18.4 Å². The lowest BCUT2D eigenvalue weighted by atomic mass is 10.1. The van der Waals surface area contributed by atoms with E-state index >= 15 is 0 Å². The van der Waals surface area contributed by atoms with Gasteiger partial charge in [0.2, 0.25) is 0 Å². The van der Waals surface area contributed by atoms with Gasteiger partial charge in [0.25, 0.3) is 5.91 Å². The number of amides is 2. The zero-order valence-electron chi connectivity index (χ0n) is 28.5. The summed E-state index contributed by atoms with van der Waals surface area (Å²) >= 11 is 1.43. The van der Waals surface area contributed by atoms with Crippen molar-refractivity contribution in [3.05, 3.63) is 54.6 Å². The Bertz CT molecular complexity index is 1770. The quantitative estimate of drug-likeness (QED) is 0.101. The van der Waals surface area contributed by atoms with Crippen LogP contribution >= 0.6 is 11.9 Å². The van der Waals surface area contributed by atoms with E-state index in [1.165, 1.54) is 39.6 Å². The summed E-state index contributed by atoms with van der Waals surface area (Å²) in [7, 11) is -1.39. The third-order valence-corrected chi connectivity index (χ3v) is 10.2. The van der Waals surface area contributed by atoms with E-state index in [1.807, 2.05) is 20.8 Å². The molecule has 1 aliphatic heterocycles. The first-order valence-corrected chi connectivity index (χ1v) is 20.4. The van der Waals surface area contributed by atoms with Gasteiger partial charge in [0, 0.05) is 63.7 Å². The number of piperazine rings is 1. The second-order valence-corrected chi connectivity index (χ2v) is 20.5. The lowest BCUT2D eigenvalue weighted by molar-refractivity contribution is -0.0495. The highest BCUT2D eigenvalue weighted by atomic mass is 32.2. The van der Waals surface area contributed by atoms with Crippen molar-refractivity contribution in [2.75, 3.05) is 38.1 Å². The van der Waals surface area contributed by atoms with Crippen molar-refractivity contribution in [1.29, 1.82) is 0 Å². The molecule has 5 rings (SSSR count). The van der Waals surface area contributed by atoms with Gasteiger partial charge in [0.1, 0.15) is 23.6 Å². The van der Waals surface area contributed by atoms with Crippen LogP contribution in [0.2, 0.25) is 25.7 Å². The van der Waals surface area contributed by atoms with E-state index in [-0.39, 0.29) is 35.4 Å². The lowest BCUT2D eigenvalue weighted by Crippen LogP contribution is -2.47. The molecule has 2 amide bonds. The minimum Gasteiger partial charge on any atom is -0.444 e. The highest BCUT2D eigenvalue weighted by Crippen LogP contribution is 2.40. The molecule has 1 N–H and O–H groups in total. The molecule has 17 heteroatoms. The first-order chi connectivity index (χ1) is 23.2. The summed E-state index contributed by atoms with van der Waals surface area (Å²) in [5, 5.41) is 11.6. The number of benzene rings is 1. The van der Waals surface area contributed by atoms with E-state index < -0.39 is 26.2 Å². The Hall–Kier alpha value is -4.06. The van der Waals surface area contributed by atoms with Gasteiger partial charge in [-0.15, -0.1) is 0 Å². The molecule has 4 heterocycles. The molecule has 13 nitrogen and oxygen atoms in total. The highest BCUT2D eigenvalue weighted by Gasteiger charge is 2.28.